The van der Waals surface area contributed by atoms with Gasteiger partial charge in [-0.25, -0.2) is 4.79 Å². The Kier molecular flexibility index (Phi) is 4.68. The number of esters is 1. The highest BCUT2D eigenvalue weighted by atomic mass is 16.5. The number of fused-ring (bicyclic) bond motifs is 4. The number of rotatable bonds is 2. The molecule has 0 heterocycles. The summed E-state index contributed by atoms with van der Waals surface area (Å²) in [6.07, 6.45) is 6.96. The summed E-state index contributed by atoms with van der Waals surface area (Å²) >= 11 is 0. The Bertz CT molecular complexity index is 862. The maximum Gasteiger partial charge on any atom is 0.347 e. The highest BCUT2D eigenvalue weighted by molar-refractivity contribution is 5.93. The molecule has 1 saturated carbocycles. The van der Waals surface area contributed by atoms with Crippen LogP contribution in [0.4, 0.5) is 0 Å². The van der Waals surface area contributed by atoms with Crippen LogP contribution in [0, 0.1) is 5.92 Å². The zero-order valence-electron chi connectivity index (χ0n) is 15.8. The number of phenolic OH excluding ortho intramolecular Hbond substituents is 1. The SMILES string of the molecule is C[C@@]12CCCCC[C@@H](Cc3ccc(OC(=O)c4ccccc4O)cc31)[C@@H]2N. The van der Waals surface area contributed by atoms with Crippen LogP contribution in [-0.4, -0.2) is 17.1 Å². The standard InChI is InChI=1S/C23H27NO3/c1-23-12-6-2-3-7-16(21(23)24)13-15-10-11-17(14-19(15)23)27-22(26)18-8-4-5-9-20(18)25/h4-5,8-11,14,16,21,25H,2-3,6-7,12-13,24H2,1H3/t16-,21-,23+/m0/s1. The van der Waals surface area contributed by atoms with Gasteiger partial charge in [-0.3, -0.25) is 0 Å². The minimum Gasteiger partial charge on any atom is -0.507 e. The molecule has 4 nitrogen and oxygen atoms in total. The summed E-state index contributed by atoms with van der Waals surface area (Å²) in [7, 11) is 0. The molecule has 0 spiro atoms. The third-order valence-electron chi connectivity index (χ3n) is 6.53. The summed E-state index contributed by atoms with van der Waals surface area (Å²) in [5.41, 5.74) is 9.35. The Morgan fingerprint density at radius 3 is 2.81 bits per heavy atom. The van der Waals surface area contributed by atoms with E-state index < -0.39 is 5.97 Å². The van der Waals surface area contributed by atoms with Gasteiger partial charge in [-0.1, -0.05) is 44.4 Å². The Hall–Kier alpha value is -2.33. The lowest BCUT2D eigenvalue weighted by Crippen LogP contribution is -2.52. The molecule has 142 valence electrons. The summed E-state index contributed by atoms with van der Waals surface area (Å²) < 4.78 is 5.58. The molecule has 3 N–H and O–H groups in total. The first-order valence-electron chi connectivity index (χ1n) is 9.88. The Balaban J connectivity index is 1.66. The molecule has 2 aromatic rings. The van der Waals surface area contributed by atoms with Gasteiger partial charge < -0.3 is 15.6 Å². The fraction of sp³-hybridized carbons (Fsp3) is 0.435. The van der Waals surface area contributed by atoms with Gasteiger partial charge in [-0.15, -0.1) is 0 Å². The molecule has 2 aromatic carbocycles. The van der Waals surface area contributed by atoms with E-state index in [4.69, 9.17) is 10.5 Å². The van der Waals surface area contributed by atoms with Gasteiger partial charge in [-0.05, 0) is 60.6 Å². The van der Waals surface area contributed by atoms with E-state index >= 15 is 0 Å². The zero-order valence-corrected chi connectivity index (χ0v) is 15.8. The van der Waals surface area contributed by atoms with E-state index in [9.17, 15) is 9.90 Å². The monoisotopic (exact) mass is 365 g/mol. The second-order valence-corrected chi connectivity index (χ2v) is 8.23. The van der Waals surface area contributed by atoms with Crippen LogP contribution in [0.15, 0.2) is 42.5 Å². The van der Waals surface area contributed by atoms with Crippen molar-refractivity contribution in [2.24, 2.45) is 11.7 Å². The van der Waals surface area contributed by atoms with E-state index in [1.165, 1.54) is 42.9 Å². The quantitative estimate of drug-likeness (QED) is 0.614. The van der Waals surface area contributed by atoms with Crippen molar-refractivity contribution in [2.45, 2.75) is 56.9 Å². The normalized spacial score (nSPS) is 27.2. The molecule has 0 aromatic heterocycles. The molecule has 3 atom stereocenters. The van der Waals surface area contributed by atoms with Gasteiger partial charge >= 0.3 is 5.97 Å². The van der Waals surface area contributed by atoms with Gasteiger partial charge in [0, 0.05) is 11.5 Å². The average Bonchev–Trinajstić information content (AvgIpc) is 2.66. The average molecular weight is 365 g/mol. The van der Waals surface area contributed by atoms with E-state index in [1.54, 1.807) is 18.2 Å². The molecule has 27 heavy (non-hydrogen) atoms. The van der Waals surface area contributed by atoms with Crippen LogP contribution in [0.5, 0.6) is 11.5 Å². The number of para-hydroxylation sites is 1. The first-order chi connectivity index (χ1) is 13.0. The lowest BCUT2D eigenvalue weighted by Gasteiger charge is -2.47. The summed E-state index contributed by atoms with van der Waals surface area (Å²) in [5, 5.41) is 9.88. The van der Waals surface area contributed by atoms with E-state index in [0.29, 0.717) is 11.7 Å². The van der Waals surface area contributed by atoms with Crippen molar-refractivity contribution in [3.05, 3.63) is 59.2 Å². The first-order valence-corrected chi connectivity index (χ1v) is 9.88. The fourth-order valence-electron chi connectivity index (χ4n) is 4.90. The van der Waals surface area contributed by atoms with Crippen molar-refractivity contribution in [2.75, 3.05) is 0 Å². The second-order valence-electron chi connectivity index (χ2n) is 8.23. The summed E-state index contributed by atoms with van der Waals surface area (Å²) in [6, 6.07) is 12.5. The first kappa shape index (κ1) is 18.1. The number of phenols is 1. The molecular formula is C23H27NO3. The van der Waals surface area contributed by atoms with Gasteiger partial charge in [0.05, 0.1) is 0 Å². The molecular weight excluding hydrogens is 338 g/mol. The van der Waals surface area contributed by atoms with Gasteiger partial charge in [0.1, 0.15) is 17.1 Å². The molecule has 2 bridgehead atoms. The molecule has 1 fully saturated rings. The van der Waals surface area contributed by atoms with E-state index in [0.717, 1.165) is 12.8 Å². The van der Waals surface area contributed by atoms with Crippen LogP contribution < -0.4 is 10.5 Å². The number of nitrogens with two attached hydrogens (primary N) is 1. The number of aromatic hydroxyl groups is 1. The lowest BCUT2D eigenvalue weighted by molar-refractivity contribution is 0.0731. The number of benzene rings is 2. The Labute approximate surface area is 160 Å². The third kappa shape index (κ3) is 3.23. The van der Waals surface area contributed by atoms with E-state index in [-0.39, 0.29) is 22.8 Å². The van der Waals surface area contributed by atoms with Crippen LogP contribution in [-0.2, 0) is 11.8 Å². The smallest absolute Gasteiger partial charge is 0.347 e. The van der Waals surface area contributed by atoms with E-state index in [1.807, 2.05) is 12.1 Å². The number of ether oxygens (including phenoxy) is 1. The van der Waals surface area contributed by atoms with Crippen LogP contribution in [0.1, 0.15) is 60.5 Å². The predicted octanol–water partition coefficient (Wildman–Crippen LogP) is 4.33. The summed E-state index contributed by atoms with van der Waals surface area (Å²) in [4.78, 5) is 12.5. The van der Waals surface area contributed by atoms with Crippen LogP contribution in [0.25, 0.3) is 0 Å². The van der Waals surface area contributed by atoms with Gasteiger partial charge in [0.25, 0.3) is 0 Å². The maximum absolute atomic E-state index is 12.5. The second kappa shape index (κ2) is 7.01. The van der Waals surface area contributed by atoms with Crippen molar-refractivity contribution in [3.8, 4) is 11.5 Å². The predicted molar refractivity (Wildman–Crippen MR) is 105 cm³/mol. The minimum atomic E-state index is -0.547. The number of hydrogen-bond acceptors (Lipinski definition) is 4. The minimum absolute atomic E-state index is 0.0719. The van der Waals surface area contributed by atoms with Crippen LogP contribution >= 0.6 is 0 Å². The zero-order chi connectivity index (χ0) is 19.0. The van der Waals surface area contributed by atoms with Crippen molar-refractivity contribution in [1.82, 2.24) is 0 Å². The van der Waals surface area contributed by atoms with Crippen molar-refractivity contribution in [1.29, 1.82) is 0 Å². The Morgan fingerprint density at radius 2 is 2.00 bits per heavy atom. The molecule has 2 aliphatic carbocycles. The number of carbonyl (C=O) groups is 1. The summed E-state index contributed by atoms with van der Waals surface area (Å²) in [5.74, 6) is 0.416. The topological polar surface area (TPSA) is 72.5 Å². The maximum atomic E-state index is 12.5. The lowest BCUT2D eigenvalue weighted by atomic mass is 9.60. The van der Waals surface area contributed by atoms with Gasteiger partial charge in [-0.2, -0.15) is 0 Å². The van der Waals surface area contributed by atoms with Crippen molar-refractivity contribution in [3.63, 3.8) is 0 Å². The number of hydrogen-bond donors (Lipinski definition) is 2. The molecule has 4 rings (SSSR count). The van der Waals surface area contributed by atoms with E-state index in [2.05, 4.69) is 13.0 Å². The van der Waals surface area contributed by atoms with Gasteiger partial charge in [0.15, 0.2) is 0 Å². The molecule has 0 unspecified atom stereocenters. The summed E-state index contributed by atoms with van der Waals surface area (Å²) in [6.45, 7) is 2.27. The molecule has 0 saturated heterocycles. The molecule has 4 heteroatoms. The fourth-order valence-corrected chi connectivity index (χ4v) is 4.90. The van der Waals surface area contributed by atoms with Crippen LogP contribution in [0.2, 0.25) is 0 Å². The van der Waals surface area contributed by atoms with Crippen molar-refractivity contribution < 1.29 is 14.6 Å². The number of carbonyl (C=O) groups excluding carboxylic acids is 1. The molecule has 2 aliphatic rings. The molecule has 0 radical (unpaired) electrons. The van der Waals surface area contributed by atoms with Crippen molar-refractivity contribution >= 4 is 5.97 Å². The molecule has 0 amide bonds. The molecule has 0 aliphatic heterocycles. The highest BCUT2D eigenvalue weighted by Gasteiger charge is 2.43. The highest BCUT2D eigenvalue weighted by Crippen LogP contribution is 2.46. The van der Waals surface area contributed by atoms with Crippen LogP contribution in [0.3, 0.4) is 0 Å². The Morgan fingerprint density at radius 1 is 1.19 bits per heavy atom. The third-order valence-corrected chi connectivity index (χ3v) is 6.53. The largest absolute Gasteiger partial charge is 0.507 e. The van der Waals surface area contributed by atoms with Gasteiger partial charge in [0.2, 0.25) is 0 Å².